The van der Waals surface area contributed by atoms with Gasteiger partial charge in [0, 0.05) is 0 Å². The second-order valence-electron chi connectivity index (χ2n) is 6.69. The van der Waals surface area contributed by atoms with E-state index in [1.807, 2.05) is 0 Å². The molecule has 120 valence electrons. The fraction of sp³-hybridized carbons (Fsp3) is 0.333. The van der Waals surface area contributed by atoms with Gasteiger partial charge in [-0.25, -0.2) is 9.42 Å². The summed E-state index contributed by atoms with van der Waals surface area (Å²) in [6, 6.07) is 8.78. The summed E-state index contributed by atoms with van der Waals surface area (Å²) >= 11 is 0. The number of rotatable bonds is 2. The molecule has 0 fully saturated rings. The molecule has 1 aromatic carbocycles. The molecule has 1 spiro atoms. The third-order valence-corrected chi connectivity index (χ3v) is 8.97. The molecular weight excluding hydrogens is 303 g/mol. The lowest BCUT2D eigenvalue weighted by atomic mass is 9.83. The summed E-state index contributed by atoms with van der Waals surface area (Å²) in [5.74, 6) is 0. The first-order chi connectivity index (χ1) is 10.9. The van der Waals surface area contributed by atoms with Gasteiger partial charge in [-0.2, -0.15) is 0 Å². The normalized spacial score (nSPS) is 23.3. The monoisotopic (exact) mass is 326 g/mol. The Bertz CT molecular complexity index is 778. The molecule has 0 N–H and O–H groups in total. The van der Waals surface area contributed by atoms with E-state index in [4.69, 9.17) is 4.74 Å². The van der Waals surface area contributed by atoms with E-state index in [9.17, 15) is 0 Å². The van der Waals surface area contributed by atoms with Crippen LogP contribution in [0.5, 0.6) is 0 Å². The number of hydrogen-bond acceptors (Lipinski definition) is 4. The minimum atomic E-state index is -2.04. The second kappa shape index (κ2) is 4.78. The Morgan fingerprint density at radius 1 is 0.913 bits per heavy atom. The van der Waals surface area contributed by atoms with Crippen molar-refractivity contribution >= 4 is 13.2 Å². The van der Waals surface area contributed by atoms with E-state index in [1.54, 1.807) is 0 Å². The molecule has 0 aromatic heterocycles. The third-order valence-electron chi connectivity index (χ3n) is 5.22. The van der Waals surface area contributed by atoms with Gasteiger partial charge >= 0.3 is 0 Å². The number of nitrogens with zero attached hydrogens (tertiary/aromatic N) is 4. The maximum atomic E-state index is 5.26. The molecule has 5 rings (SSSR count). The summed E-state index contributed by atoms with van der Waals surface area (Å²) in [5, 5.41) is 0. The molecule has 0 amide bonds. The molecule has 0 atom stereocenters. The molecule has 4 nitrogen and oxygen atoms in total. The van der Waals surface area contributed by atoms with E-state index in [0.717, 1.165) is 5.69 Å². The topological polar surface area (TPSA) is 22.1 Å². The lowest BCUT2D eigenvalue weighted by Crippen LogP contribution is -2.47. The minimum Gasteiger partial charge on any atom is -0.252 e. The standard InChI is InChI=1S/C18H23N4P/c1-20(2)23(21(3)4)19-17-12-10-16(11-13-17)18(22(23)5)14-6-7-15(18)9-8-14/h6-13H,1-5H3. The zero-order chi connectivity index (χ0) is 16.4. The quantitative estimate of drug-likeness (QED) is 0.768. The highest BCUT2D eigenvalue weighted by Gasteiger charge is 2.53. The first-order valence-corrected chi connectivity index (χ1v) is 9.48. The van der Waals surface area contributed by atoms with Crippen LogP contribution in [0, 0.1) is 0 Å². The molecule has 0 unspecified atom stereocenters. The van der Waals surface area contributed by atoms with Crippen molar-refractivity contribution in [2.24, 2.45) is 4.74 Å². The molecule has 0 saturated heterocycles. The van der Waals surface area contributed by atoms with Gasteiger partial charge in [0.1, 0.15) is 5.54 Å². The van der Waals surface area contributed by atoms with E-state index >= 15 is 0 Å². The molecule has 0 saturated carbocycles. The summed E-state index contributed by atoms with van der Waals surface area (Å²) < 4.78 is 12.4. The molecule has 5 heteroatoms. The molecule has 2 aliphatic heterocycles. The van der Waals surface area contributed by atoms with E-state index in [1.165, 1.54) is 16.7 Å². The molecule has 0 radical (unpaired) electrons. The van der Waals surface area contributed by atoms with Crippen molar-refractivity contribution in [3.63, 3.8) is 0 Å². The van der Waals surface area contributed by atoms with Gasteiger partial charge < -0.3 is 0 Å². The lowest BCUT2D eigenvalue weighted by molar-refractivity contribution is 0.309. The Morgan fingerprint density at radius 2 is 1.43 bits per heavy atom. The Morgan fingerprint density at radius 3 is 1.87 bits per heavy atom. The van der Waals surface area contributed by atoms with Gasteiger partial charge in [0.25, 0.3) is 0 Å². The van der Waals surface area contributed by atoms with Crippen molar-refractivity contribution < 1.29 is 0 Å². The fourth-order valence-electron chi connectivity index (χ4n) is 4.28. The van der Waals surface area contributed by atoms with Gasteiger partial charge in [-0.3, -0.25) is 9.34 Å². The van der Waals surface area contributed by atoms with Crippen LogP contribution in [0.3, 0.4) is 0 Å². The Balaban J connectivity index is 2.10. The highest BCUT2D eigenvalue weighted by molar-refractivity contribution is 7.59. The van der Waals surface area contributed by atoms with Gasteiger partial charge in [-0.15, -0.1) is 0 Å². The predicted octanol–water partition coefficient (Wildman–Crippen LogP) is 3.96. The van der Waals surface area contributed by atoms with E-state index in [2.05, 4.69) is 97.8 Å². The maximum Gasteiger partial charge on any atom is 0.173 e. The average Bonchev–Trinajstić information content (AvgIpc) is 3.07. The zero-order valence-corrected chi connectivity index (χ0v) is 15.2. The van der Waals surface area contributed by atoms with Crippen LogP contribution in [-0.2, 0) is 5.54 Å². The molecule has 2 aliphatic carbocycles. The first kappa shape index (κ1) is 15.1. The zero-order valence-electron chi connectivity index (χ0n) is 14.4. The van der Waals surface area contributed by atoms with Crippen LogP contribution >= 0.6 is 7.51 Å². The average molecular weight is 326 g/mol. The van der Waals surface area contributed by atoms with Gasteiger partial charge in [0.2, 0.25) is 0 Å². The van der Waals surface area contributed by atoms with Crippen molar-refractivity contribution in [1.29, 1.82) is 0 Å². The number of hydrogen-bond donors (Lipinski definition) is 0. The molecule has 23 heavy (non-hydrogen) atoms. The fourth-order valence-corrected chi connectivity index (χ4v) is 7.75. The van der Waals surface area contributed by atoms with Crippen LogP contribution in [0.2, 0.25) is 0 Å². The summed E-state index contributed by atoms with van der Waals surface area (Å²) in [4.78, 5) is 0. The van der Waals surface area contributed by atoms with Gasteiger partial charge in [-0.1, -0.05) is 36.4 Å². The van der Waals surface area contributed by atoms with Crippen LogP contribution in [0.1, 0.15) is 5.56 Å². The van der Waals surface area contributed by atoms with Crippen molar-refractivity contribution in [1.82, 2.24) is 14.0 Å². The van der Waals surface area contributed by atoms with Crippen molar-refractivity contribution in [3.8, 4) is 0 Å². The number of allylic oxidation sites excluding steroid dienone is 2. The van der Waals surface area contributed by atoms with Crippen LogP contribution in [0.25, 0.3) is 0 Å². The van der Waals surface area contributed by atoms with Crippen LogP contribution in [0.15, 0.2) is 64.5 Å². The number of benzene rings is 1. The van der Waals surface area contributed by atoms with Crippen LogP contribution in [-0.4, -0.2) is 49.2 Å². The largest absolute Gasteiger partial charge is 0.252 e. The van der Waals surface area contributed by atoms with Gasteiger partial charge in [0.05, 0.1) is 5.69 Å². The molecule has 4 aliphatic rings. The highest BCUT2D eigenvalue weighted by atomic mass is 31.2. The van der Waals surface area contributed by atoms with Crippen molar-refractivity contribution in [2.75, 3.05) is 35.2 Å². The number of likely N-dealkylation sites (N-methyl/N-ethyl adjacent to an activating group) is 1. The summed E-state index contributed by atoms with van der Waals surface area (Å²) in [6.45, 7) is 0. The summed E-state index contributed by atoms with van der Waals surface area (Å²) in [6.07, 6.45) is 9.01. The Hall–Kier alpha value is -1.45. The smallest absolute Gasteiger partial charge is 0.173 e. The van der Waals surface area contributed by atoms with E-state index in [-0.39, 0.29) is 5.54 Å². The Labute approximate surface area is 138 Å². The van der Waals surface area contributed by atoms with E-state index < -0.39 is 7.51 Å². The molecule has 1 aromatic rings. The molecule has 2 heterocycles. The maximum absolute atomic E-state index is 5.26. The van der Waals surface area contributed by atoms with Crippen molar-refractivity contribution in [2.45, 2.75) is 5.54 Å². The van der Waals surface area contributed by atoms with Crippen LogP contribution in [0.4, 0.5) is 5.69 Å². The molecule has 4 bridgehead atoms. The van der Waals surface area contributed by atoms with Crippen molar-refractivity contribution in [3.05, 3.63) is 65.3 Å². The number of fused-ring (bicyclic) bond motifs is 3. The minimum absolute atomic E-state index is 0.217. The highest BCUT2D eigenvalue weighted by Crippen LogP contribution is 2.67. The summed E-state index contributed by atoms with van der Waals surface area (Å²) in [7, 11) is 8.75. The summed E-state index contributed by atoms with van der Waals surface area (Å²) in [5.41, 5.74) is 4.84. The van der Waals surface area contributed by atoms with E-state index in [0.29, 0.717) is 0 Å². The van der Waals surface area contributed by atoms with Crippen LogP contribution < -0.4 is 0 Å². The SMILES string of the molecule is CN(C)P1(N(C)C)=Nc2ccc(cc2)C2(C3=CC=C2C=C3)N1C. The predicted molar refractivity (Wildman–Crippen MR) is 97.6 cm³/mol. The third kappa shape index (κ3) is 1.65. The van der Waals surface area contributed by atoms with Gasteiger partial charge in [0.15, 0.2) is 7.51 Å². The first-order valence-electron chi connectivity index (χ1n) is 7.88. The van der Waals surface area contributed by atoms with Gasteiger partial charge in [-0.05, 0) is 64.1 Å². The lowest BCUT2D eigenvalue weighted by Gasteiger charge is -2.52. The molecular formula is C18H23N4P. The Kier molecular flexibility index (Phi) is 3.14. The second-order valence-corrected chi connectivity index (χ2v) is 10.2.